The SMILES string of the molecule is COCOc1cccc(N)c1C. The second-order valence-electron chi connectivity index (χ2n) is 2.52. The molecule has 0 saturated carbocycles. The molecule has 0 amide bonds. The highest BCUT2D eigenvalue weighted by atomic mass is 16.7. The number of benzene rings is 1. The van der Waals surface area contributed by atoms with E-state index in [-0.39, 0.29) is 6.79 Å². The molecule has 2 N–H and O–H groups in total. The Morgan fingerprint density at radius 2 is 2.17 bits per heavy atom. The molecule has 0 atom stereocenters. The number of hydrogen-bond donors (Lipinski definition) is 1. The van der Waals surface area contributed by atoms with Gasteiger partial charge in [-0.1, -0.05) is 6.07 Å². The third-order valence-corrected chi connectivity index (χ3v) is 1.66. The molecule has 0 spiro atoms. The zero-order chi connectivity index (χ0) is 8.97. The summed E-state index contributed by atoms with van der Waals surface area (Å²) in [6.45, 7) is 2.17. The van der Waals surface area contributed by atoms with E-state index in [0.717, 1.165) is 17.0 Å². The van der Waals surface area contributed by atoms with E-state index in [1.54, 1.807) is 7.11 Å². The first-order chi connectivity index (χ1) is 5.75. The first-order valence-electron chi connectivity index (χ1n) is 3.72. The molecule has 3 nitrogen and oxygen atoms in total. The Kier molecular flexibility index (Phi) is 2.94. The van der Waals surface area contributed by atoms with Crippen LogP contribution in [0.15, 0.2) is 18.2 Å². The van der Waals surface area contributed by atoms with Crippen LogP contribution in [-0.4, -0.2) is 13.9 Å². The van der Waals surface area contributed by atoms with Crippen molar-refractivity contribution in [1.82, 2.24) is 0 Å². The fraction of sp³-hybridized carbons (Fsp3) is 0.333. The van der Waals surface area contributed by atoms with Crippen LogP contribution < -0.4 is 10.5 Å². The van der Waals surface area contributed by atoms with Crippen LogP contribution in [0.4, 0.5) is 5.69 Å². The summed E-state index contributed by atoms with van der Waals surface area (Å²) in [7, 11) is 1.58. The topological polar surface area (TPSA) is 44.5 Å². The number of nitrogen functional groups attached to an aromatic ring is 1. The summed E-state index contributed by atoms with van der Waals surface area (Å²) in [5, 5.41) is 0. The molecule has 66 valence electrons. The molecule has 1 rings (SSSR count). The van der Waals surface area contributed by atoms with Gasteiger partial charge in [0.1, 0.15) is 5.75 Å². The Hall–Kier alpha value is -1.22. The molecule has 0 bridgehead atoms. The van der Waals surface area contributed by atoms with Crippen LogP contribution in [0.3, 0.4) is 0 Å². The third kappa shape index (κ3) is 1.89. The van der Waals surface area contributed by atoms with Gasteiger partial charge in [-0.05, 0) is 19.1 Å². The van der Waals surface area contributed by atoms with Crippen molar-refractivity contribution in [3.63, 3.8) is 0 Å². The highest BCUT2D eigenvalue weighted by Crippen LogP contribution is 2.22. The van der Waals surface area contributed by atoms with Crippen LogP contribution in [0.25, 0.3) is 0 Å². The predicted octanol–water partition coefficient (Wildman–Crippen LogP) is 1.56. The van der Waals surface area contributed by atoms with Gasteiger partial charge >= 0.3 is 0 Å². The van der Waals surface area contributed by atoms with Crippen molar-refractivity contribution in [1.29, 1.82) is 0 Å². The average Bonchev–Trinajstić information content (AvgIpc) is 2.08. The lowest BCUT2D eigenvalue weighted by atomic mass is 10.2. The van der Waals surface area contributed by atoms with Crippen molar-refractivity contribution in [2.45, 2.75) is 6.92 Å². The standard InChI is InChI=1S/C9H13NO2/c1-7-8(10)4-3-5-9(7)12-6-11-2/h3-5H,6,10H2,1-2H3. The lowest BCUT2D eigenvalue weighted by molar-refractivity contribution is 0.0507. The van der Waals surface area contributed by atoms with E-state index in [2.05, 4.69) is 0 Å². The van der Waals surface area contributed by atoms with Crippen molar-refractivity contribution in [2.24, 2.45) is 0 Å². The summed E-state index contributed by atoms with van der Waals surface area (Å²) < 4.78 is 10.0. The van der Waals surface area contributed by atoms with Gasteiger partial charge in [0.2, 0.25) is 0 Å². The van der Waals surface area contributed by atoms with Gasteiger partial charge in [-0.3, -0.25) is 0 Å². The van der Waals surface area contributed by atoms with Crippen molar-refractivity contribution >= 4 is 5.69 Å². The van der Waals surface area contributed by atoms with Gasteiger partial charge in [-0.15, -0.1) is 0 Å². The molecule has 0 fully saturated rings. The number of methoxy groups -OCH3 is 1. The molecule has 1 aromatic carbocycles. The van der Waals surface area contributed by atoms with Gasteiger partial charge < -0.3 is 15.2 Å². The van der Waals surface area contributed by atoms with E-state index in [9.17, 15) is 0 Å². The van der Waals surface area contributed by atoms with Gasteiger partial charge in [0.05, 0.1) is 0 Å². The van der Waals surface area contributed by atoms with Crippen molar-refractivity contribution in [2.75, 3.05) is 19.6 Å². The van der Waals surface area contributed by atoms with Crippen molar-refractivity contribution in [3.05, 3.63) is 23.8 Å². The molecule has 0 heterocycles. The van der Waals surface area contributed by atoms with Crippen LogP contribution in [0.1, 0.15) is 5.56 Å². The van der Waals surface area contributed by atoms with E-state index in [1.807, 2.05) is 25.1 Å². The molecule has 0 unspecified atom stereocenters. The quantitative estimate of drug-likeness (QED) is 0.549. The summed E-state index contributed by atoms with van der Waals surface area (Å²) in [5.41, 5.74) is 7.36. The minimum absolute atomic E-state index is 0.254. The molecule has 0 aliphatic rings. The van der Waals surface area contributed by atoms with E-state index in [1.165, 1.54) is 0 Å². The van der Waals surface area contributed by atoms with Crippen LogP contribution in [0.2, 0.25) is 0 Å². The fourth-order valence-electron chi connectivity index (χ4n) is 0.910. The van der Waals surface area contributed by atoms with Crippen LogP contribution in [0, 0.1) is 6.92 Å². The lowest BCUT2D eigenvalue weighted by Crippen LogP contribution is -2.01. The summed E-state index contributed by atoms with van der Waals surface area (Å²) >= 11 is 0. The maximum atomic E-state index is 5.67. The second kappa shape index (κ2) is 3.97. The number of nitrogens with two attached hydrogens (primary N) is 1. The van der Waals surface area contributed by atoms with Gasteiger partial charge in [-0.2, -0.15) is 0 Å². The first kappa shape index (κ1) is 8.87. The summed E-state index contributed by atoms with van der Waals surface area (Å²) in [4.78, 5) is 0. The molecule has 3 heteroatoms. The maximum Gasteiger partial charge on any atom is 0.188 e. The van der Waals surface area contributed by atoms with Gasteiger partial charge in [0.25, 0.3) is 0 Å². The monoisotopic (exact) mass is 167 g/mol. The number of anilines is 1. The predicted molar refractivity (Wildman–Crippen MR) is 48.1 cm³/mol. The molecule has 0 aliphatic carbocycles. The van der Waals surface area contributed by atoms with E-state index in [0.29, 0.717) is 0 Å². The molecular formula is C9H13NO2. The summed E-state index contributed by atoms with van der Waals surface area (Å²) in [6.07, 6.45) is 0. The second-order valence-corrected chi connectivity index (χ2v) is 2.52. The Morgan fingerprint density at radius 3 is 2.83 bits per heavy atom. The summed E-state index contributed by atoms with van der Waals surface area (Å²) in [6, 6.07) is 5.56. The Morgan fingerprint density at radius 1 is 1.42 bits per heavy atom. The zero-order valence-corrected chi connectivity index (χ0v) is 7.33. The van der Waals surface area contributed by atoms with E-state index in [4.69, 9.17) is 15.2 Å². The largest absolute Gasteiger partial charge is 0.467 e. The number of rotatable bonds is 3. The highest BCUT2D eigenvalue weighted by molar-refractivity contribution is 5.53. The van der Waals surface area contributed by atoms with E-state index >= 15 is 0 Å². The smallest absolute Gasteiger partial charge is 0.188 e. The molecule has 0 aliphatic heterocycles. The minimum atomic E-state index is 0.254. The minimum Gasteiger partial charge on any atom is -0.467 e. The number of hydrogen-bond acceptors (Lipinski definition) is 3. The summed E-state index contributed by atoms with van der Waals surface area (Å²) in [5.74, 6) is 0.775. The number of ether oxygens (including phenoxy) is 2. The molecular weight excluding hydrogens is 154 g/mol. The maximum absolute atomic E-state index is 5.67. The molecule has 0 aromatic heterocycles. The molecule has 1 aromatic rings. The molecule has 0 radical (unpaired) electrons. The third-order valence-electron chi connectivity index (χ3n) is 1.66. The lowest BCUT2D eigenvalue weighted by Gasteiger charge is -2.08. The molecule has 12 heavy (non-hydrogen) atoms. The molecule has 0 saturated heterocycles. The van der Waals surface area contributed by atoms with E-state index < -0.39 is 0 Å². The fourth-order valence-corrected chi connectivity index (χ4v) is 0.910. The van der Waals surface area contributed by atoms with Crippen LogP contribution in [0.5, 0.6) is 5.75 Å². The van der Waals surface area contributed by atoms with Gasteiger partial charge in [-0.25, -0.2) is 0 Å². The highest BCUT2D eigenvalue weighted by Gasteiger charge is 2.00. The Labute approximate surface area is 72.1 Å². The van der Waals surface area contributed by atoms with Gasteiger partial charge in [0.15, 0.2) is 6.79 Å². The van der Waals surface area contributed by atoms with Crippen LogP contribution >= 0.6 is 0 Å². The van der Waals surface area contributed by atoms with Crippen molar-refractivity contribution < 1.29 is 9.47 Å². The Bertz CT molecular complexity index is 261. The van der Waals surface area contributed by atoms with Gasteiger partial charge in [0, 0.05) is 18.4 Å². The normalized spacial score (nSPS) is 9.83. The first-order valence-corrected chi connectivity index (χ1v) is 3.72. The Balaban J connectivity index is 2.78. The average molecular weight is 167 g/mol. The van der Waals surface area contributed by atoms with Crippen LogP contribution in [-0.2, 0) is 4.74 Å². The zero-order valence-electron chi connectivity index (χ0n) is 7.33. The van der Waals surface area contributed by atoms with Crippen molar-refractivity contribution in [3.8, 4) is 5.75 Å².